The van der Waals surface area contributed by atoms with E-state index in [1.165, 1.54) is 0 Å². The number of nitriles is 1. The molecule has 1 N–H and O–H groups in total. The van der Waals surface area contributed by atoms with Crippen LogP contribution in [0, 0.1) is 11.3 Å². The number of ether oxygens (including phenoxy) is 1. The molecule has 0 unspecified atom stereocenters. The van der Waals surface area contributed by atoms with E-state index in [1.807, 2.05) is 0 Å². The first-order valence-corrected chi connectivity index (χ1v) is 9.00. The minimum atomic E-state index is -0.233. The van der Waals surface area contributed by atoms with E-state index in [4.69, 9.17) is 9.72 Å². The van der Waals surface area contributed by atoms with E-state index >= 15 is 0 Å². The molecule has 2 heterocycles. The van der Waals surface area contributed by atoms with Crippen molar-refractivity contribution in [1.82, 2.24) is 9.88 Å². The molecule has 1 aliphatic heterocycles. The van der Waals surface area contributed by atoms with Crippen LogP contribution in [0.4, 0.5) is 5.82 Å². The summed E-state index contributed by atoms with van der Waals surface area (Å²) in [6, 6.07) is 2.38. The summed E-state index contributed by atoms with van der Waals surface area (Å²) in [7, 11) is 0. The molecule has 0 fully saturated rings. The van der Waals surface area contributed by atoms with Crippen molar-refractivity contribution in [3.05, 3.63) is 22.4 Å². The minimum absolute atomic E-state index is 0.233. The molecule has 1 aromatic heterocycles. The summed E-state index contributed by atoms with van der Waals surface area (Å²) in [5.74, 6) is 0.734. The largest absolute Gasteiger partial charge is 0.370 e. The predicted molar refractivity (Wildman–Crippen MR) is 97.2 cm³/mol. The van der Waals surface area contributed by atoms with Crippen LogP contribution in [0.3, 0.4) is 0 Å². The van der Waals surface area contributed by atoms with Crippen molar-refractivity contribution in [2.45, 2.75) is 59.7 Å². The van der Waals surface area contributed by atoms with Crippen molar-refractivity contribution >= 4 is 5.82 Å². The molecule has 1 aliphatic rings. The lowest BCUT2D eigenvalue weighted by Gasteiger charge is -2.33. The van der Waals surface area contributed by atoms with E-state index in [-0.39, 0.29) is 5.60 Å². The van der Waals surface area contributed by atoms with E-state index in [0.29, 0.717) is 12.2 Å². The fourth-order valence-electron chi connectivity index (χ4n) is 3.25. The van der Waals surface area contributed by atoms with Gasteiger partial charge in [0.05, 0.1) is 17.8 Å². The average Bonchev–Trinajstić information content (AvgIpc) is 2.56. The highest BCUT2D eigenvalue weighted by Crippen LogP contribution is 2.34. The monoisotopic (exact) mass is 330 g/mol. The number of anilines is 1. The van der Waals surface area contributed by atoms with Gasteiger partial charge in [-0.25, -0.2) is 4.98 Å². The molecule has 0 radical (unpaired) electrons. The second kappa shape index (κ2) is 7.96. The number of rotatable bonds is 7. The molecule has 5 nitrogen and oxygen atoms in total. The van der Waals surface area contributed by atoms with Crippen molar-refractivity contribution < 1.29 is 4.74 Å². The van der Waals surface area contributed by atoms with Crippen LogP contribution in [-0.2, 0) is 24.2 Å². The Labute approximate surface area is 146 Å². The number of nitrogens with zero attached hydrogens (tertiary/aromatic N) is 3. The highest BCUT2D eigenvalue weighted by Gasteiger charge is 2.31. The number of fused-ring (bicyclic) bond motifs is 1. The van der Waals surface area contributed by atoms with Gasteiger partial charge >= 0.3 is 0 Å². The number of pyridine rings is 1. The summed E-state index contributed by atoms with van der Waals surface area (Å²) >= 11 is 0. The number of nitrogens with one attached hydrogen (secondary N) is 1. The molecule has 0 atom stereocenters. The number of aromatic nitrogens is 1. The third-order valence-electron chi connectivity index (χ3n) is 4.77. The minimum Gasteiger partial charge on any atom is -0.370 e. The van der Waals surface area contributed by atoms with Gasteiger partial charge in [0.2, 0.25) is 0 Å². The third kappa shape index (κ3) is 4.06. The first-order chi connectivity index (χ1) is 11.5. The zero-order valence-corrected chi connectivity index (χ0v) is 15.7. The summed E-state index contributed by atoms with van der Waals surface area (Å²) in [6.07, 6.45) is 1.61. The van der Waals surface area contributed by atoms with Crippen LogP contribution in [0.5, 0.6) is 0 Å². The first kappa shape index (κ1) is 18.7. The number of likely N-dealkylation sites (N-methyl/N-ethyl adjacent to an activating group) is 1. The van der Waals surface area contributed by atoms with Crippen molar-refractivity contribution in [2.75, 3.05) is 31.5 Å². The van der Waals surface area contributed by atoms with Gasteiger partial charge in [-0.2, -0.15) is 5.26 Å². The Balaban J connectivity index is 2.30. The second-order valence-electron chi connectivity index (χ2n) is 6.88. The molecule has 0 saturated carbocycles. The standard InChI is InChI=1S/C19H30N4O/c1-6-17-16-13-24-19(4,5)11-14(16)15(12-20)18(22-17)21-9-10-23(7-2)8-3/h6-11,13H2,1-5H3,(H,21,22). The van der Waals surface area contributed by atoms with E-state index in [0.717, 1.165) is 61.7 Å². The Kier molecular flexibility index (Phi) is 6.20. The Morgan fingerprint density at radius 3 is 2.54 bits per heavy atom. The smallest absolute Gasteiger partial charge is 0.144 e. The maximum atomic E-state index is 9.73. The normalized spacial score (nSPS) is 15.9. The maximum absolute atomic E-state index is 9.73. The van der Waals surface area contributed by atoms with Gasteiger partial charge in [-0.05, 0) is 38.9 Å². The van der Waals surface area contributed by atoms with Gasteiger partial charge in [0.15, 0.2) is 0 Å². The predicted octanol–water partition coefficient (Wildman–Crippen LogP) is 3.12. The van der Waals surface area contributed by atoms with Crippen LogP contribution < -0.4 is 5.32 Å². The summed E-state index contributed by atoms with van der Waals surface area (Å²) in [5.41, 5.74) is 3.74. The zero-order valence-electron chi connectivity index (χ0n) is 15.7. The number of aryl methyl sites for hydroxylation is 1. The molecule has 132 valence electrons. The maximum Gasteiger partial charge on any atom is 0.144 e. The quantitative estimate of drug-likeness (QED) is 0.832. The molecule has 0 bridgehead atoms. The topological polar surface area (TPSA) is 61.2 Å². The van der Waals surface area contributed by atoms with Crippen LogP contribution in [-0.4, -0.2) is 41.7 Å². The molecule has 1 aromatic rings. The Morgan fingerprint density at radius 2 is 1.96 bits per heavy atom. The fraction of sp³-hybridized carbons (Fsp3) is 0.684. The van der Waals surface area contributed by atoms with Crippen molar-refractivity contribution in [3.63, 3.8) is 0 Å². The Morgan fingerprint density at radius 1 is 1.25 bits per heavy atom. The van der Waals surface area contributed by atoms with Crippen LogP contribution >= 0.6 is 0 Å². The third-order valence-corrected chi connectivity index (χ3v) is 4.77. The summed E-state index contributed by atoms with van der Waals surface area (Å²) < 4.78 is 5.94. The van der Waals surface area contributed by atoms with Gasteiger partial charge in [0.25, 0.3) is 0 Å². The SMILES string of the molecule is CCc1nc(NCCN(CC)CC)c(C#N)c2c1COC(C)(C)C2. The molecule has 5 heteroatoms. The van der Waals surface area contributed by atoms with Crippen LogP contribution in [0.2, 0.25) is 0 Å². The molecule has 24 heavy (non-hydrogen) atoms. The molecule has 0 amide bonds. The molecule has 0 saturated heterocycles. The number of hydrogen-bond acceptors (Lipinski definition) is 5. The highest BCUT2D eigenvalue weighted by atomic mass is 16.5. The molecular weight excluding hydrogens is 300 g/mol. The Hall–Kier alpha value is -1.64. The van der Waals surface area contributed by atoms with E-state index < -0.39 is 0 Å². The van der Waals surface area contributed by atoms with Crippen LogP contribution in [0.1, 0.15) is 57.0 Å². The van der Waals surface area contributed by atoms with Crippen molar-refractivity contribution in [2.24, 2.45) is 0 Å². The van der Waals surface area contributed by atoms with Gasteiger partial charge in [0, 0.05) is 30.8 Å². The highest BCUT2D eigenvalue weighted by molar-refractivity contribution is 5.60. The van der Waals surface area contributed by atoms with Crippen LogP contribution in [0.15, 0.2) is 0 Å². The van der Waals surface area contributed by atoms with Gasteiger partial charge in [-0.15, -0.1) is 0 Å². The second-order valence-corrected chi connectivity index (χ2v) is 6.88. The molecule has 0 aromatic carbocycles. The van der Waals surface area contributed by atoms with Crippen molar-refractivity contribution in [1.29, 1.82) is 5.26 Å². The molecule has 0 aliphatic carbocycles. The summed E-state index contributed by atoms with van der Waals surface area (Å²) in [4.78, 5) is 7.10. The van der Waals surface area contributed by atoms with Gasteiger partial charge in [0.1, 0.15) is 11.9 Å². The molecule has 0 spiro atoms. The van der Waals surface area contributed by atoms with Gasteiger partial charge in [-0.3, -0.25) is 0 Å². The van der Waals surface area contributed by atoms with E-state index in [1.54, 1.807) is 0 Å². The average molecular weight is 330 g/mol. The van der Waals surface area contributed by atoms with Gasteiger partial charge in [-0.1, -0.05) is 20.8 Å². The fourth-order valence-corrected chi connectivity index (χ4v) is 3.25. The first-order valence-electron chi connectivity index (χ1n) is 9.00. The Bertz CT molecular complexity index is 615. The lowest BCUT2D eigenvalue weighted by Crippen LogP contribution is -2.34. The van der Waals surface area contributed by atoms with Crippen LogP contribution in [0.25, 0.3) is 0 Å². The summed E-state index contributed by atoms with van der Waals surface area (Å²) in [5, 5.41) is 13.1. The number of hydrogen-bond donors (Lipinski definition) is 1. The summed E-state index contributed by atoms with van der Waals surface area (Å²) in [6.45, 7) is 15.0. The van der Waals surface area contributed by atoms with Gasteiger partial charge < -0.3 is 15.0 Å². The van der Waals surface area contributed by atoms with E-state index in [2.05, 4.69) is 50.9 Å². The van der Waals surface area contributed by atoms with Crippen molar-refractivity contribution in [3.8, 4) is 6.07 Å². The molecule has 2 rings (SSSR count). The zero-order chi connectivity index (χ0) is 17.7. The lowest BCUT2D eigenvalue weighted by molar-refractivity contribution is -0.0406. The molecular formula is C19H30N4O. The lowest BCUT2D eigenvalue weighted by atomic mass is 9.87. The van der Waals surface area contributed by atoms with E-state index in [9.17, 15) is 5.26 Å².